The van der Waals surface area contributed by atoms with Gasteiger partial charge in [0, 0.05) is 21.7 Å². The summed E-state index contributed by atoms with van der Waals surface area (Å²) in [7, 11) is 0. The van der Waals surface area contributed by atoms with Crippen LogP contribution >= 0.6 is 23.2 Å². The second kappa shape index (κ2) is 8.08. The molecule has 0 saturated heterocycles. The number of benzene rings is 1. The Kier molecular flexibility index (Phi) is 5.51. The SMILES string of the molecule is O=C(Cn1nc(C(F)F)cc1C1CC1)Nc1ncn(Cc2ccc(Cl)cc2Cl)n1. The van der Waals surface area contributed by atoms with Crippen molar-refractivity contribution in [1.82, 2.24) is 24.5 Å². The maximum atomic E-state index is 12.9. The molecule has 3 aromatic rings. The lowest BCUT2D eigenvalue weighted by Gasteiger charge is -2.06. The van der Waals surface area contributed by atoms with Gasteiger partial charge < -0.3 is 0 Å². The molecule has 152 valence electrons. The minimum absolute atomic E-state index is 0.106. The van der Waals surface area contributed by atoms with Crippen molar-refractivity contribution in [3.63, 3.8) is 0 Å². The van der Waals surface area contributed by atoms with Crippen molar-refractivity contribution in [1.29, 1.82) is 0 Å². The first-order valence-electron chi connectivity index (χ1n) is 8.88. The summed E-state index contributed by atoms with van der Waals surface area (Å²) >= 11 is 12.0. The van der Waals surface area contributed by atoms with Gasteiger partial charge in [0.25, 0.3) is 6.43 Å². The van der Waals surface area contributed by atoms with Gasteiger partial charge in [-0.2, -0.15) is 5.10 Å². The molecule has 1 N–H and O–H groups in total. The van der Waals surface area contributed by atoms with Crippen molar-refractivity contribution in [3.8, 4) is 0 Å². The van der Waals surface area contributed by atoms with E-state index in [9.17, 15) is 13.6 Å². The molecule has 7 nitrogen and oxygen atoms in total. The zero-order chi connectivity index (χ0) is 20.5. The first kappa shape index (κ1) is 19.8. The van der Waals surface area contributed by atoms with Gasteiger partial charge in [-0.3, -0.25) is 14.8 Å². The number of amides is 1. The van der Waals surface area contributed by atoms with Gasteiger partial charge in [-0.05, 0) is 36.6 Å². The van der Waals surface area contributed by atoms with Gasteiger partial charge in [-0.1, -0.05) is 29.3 Å². The third-order valence-corrected chi connectivity index (χ3v) is 5.06. The van der Waals surface area contributed by atoms with Crippen LogP contribution in [0.3, 0.4) is 0 Å². The Morgan fingerprint density at radius 1 is 1.24 bits per heavy atom. The largest absolute Gasteiger partial charge is 0.292 e. The van der Waals surface area contributed by atoms with Crippen LogP contribution in [0.15, 0.2) is 30.6 Å². The van der Waals surface area contributed by atoms with Crippen LogP contribution in [-0.4, -0.2) is 30.5 Å². The van der Waals surface area contributed by atoms with Crippen molar-refractivity contribution in [2.24, 2.45) is 0 Å². The summed E-state index contributed by atoms with van der Waals surface area (Å²) in [5, 5.41) is 11.6. The van der Waals surface area contributed by atoms with Gasteiger partial charge in [-0.25, -0.2) is 18.4 Å². The summed E-state index contributed by atoms with van der Waals surface area (Å²) in [5.74, 6) is -0.156. The molecule has 1 aliphatic carbocycles. The van der Waals surface area contributed by atoms with Gasteiger partial charge >= 0.3 is 0 Å². The summed E-state index contributed by atoms with van der Waals surface area (Å²) in [4.78, 5) is 16.4. The Labute approximate surface area is 174 Å². The Morgan fingerprint density at radius 3 is 2.72 bits per heavy atom. The average Bonchev–Trinajstić information content (AvgIpc) is 3.27. The number of rotatable bonds is 7. The molecule has 0 unspecified atom stereocenters. The van der Waals surface area contributed by atoms with Gasteiger partial charge in [-0.15, -0.1) is 5.10 Å². The smallest absolute Gasteiger partial charge is 0.282 e. The maximum Gasteiger partial charge on any atom is 0.282 e. The zero-order valence-corrected chi connectivity index (χ0v) is 16.5. The molecule has 1 aliphatic rings. The topological polar surface area (TPSA) is 77.6 Å². The number of alkyl halides is 2. The molecule has 2 aromatic heterocycles. The second-order valence-electron chi connectivity index (χ2n) is 6.78. The van der Waals surface area contributed by atoms with Crippen molar-refractivity contribution >= 4 is 35.1 Å². The zero-order valence-electron chi connectivity index (χ0n) is 15.0. The Hall–Kier alpha value is -2.52. The molecular formula is C18H16Cl2F2N6O. The number of hydrogen-bond acceptors (Lipinski definition) is 4. The van der Waals surface area contributed by atoms with Crippen molar-refractivity contribution in [2.75, 3.05) is 5.32 Å². The van der Waals surface area contributed by atoms with Gasteiger partial charge in [0.05, 0.1) is 6.54 Å². The van der Waals surface area contributed by atoms with Crippen LogP contribution in [-0.2, 0) is 17.9 Å². The fourth-order valence-corrected chi connectivity index (χ4v) is 3.41. The summed E-state index contributed by atoms with van der Waals surface area (Å²) in [6, 6.07) is 6.51. The first-order chi connectivity index (χ1) is 13.9. The Balaban J connectivity index is 1.41. The summed E-state index contributed by atoms with van der Waals surface area (Å²) in [5.41, 5.74) is 1.14. The van der Waals surface area contributed by atoms with E-state index in [1.165, 1.54) is 21.8 Å². The maximum absolute atomic E-state index is 12.9. The molecule has 29 heavy (non-hydrogen) atoms. The third-order valence-electron chi connectivity index (χ3n) is 4.48. The molecule has 1 amide bonds. The van der Waals surface area contributed by atoms with E-state index in [-0.39, 0.29) is 24.1 Å². The van der Waals surface area contributed by atoms with E-state index in [2.05, 4.69) is 20.5 Å². The van der Waals surface area contributed by atoms with E-state index in [0.717, 1.165) is 18.4 Å². The number of nitrogens with one attached hydrogen (secondary N) is 1. The average molecular weight is 441 g/mol. The third kappa shape index (κ3) is 4.73. The molecule has 11 heteroatoms. The monoisotopic (exact) mass is 440 g/mol. The fourth-order valence-electron chi connectivity index (χ4n) is 2.95. The lowest BCUT2D eigenvalue weighted by atomic mass is 10.2. The molecule has 1 aromatic carbocycles. The molecule has 1 saturated carbocycles. The van der Waals surface area contributed by atoms with Crippen molar-refractivity contribution in [3.05, 3.63) is 57.6 Å². The van der Waals surface area contributed by atoms with Gasteiger partial charge in [0.1, 0.15) is 18.6 Å². The van der Waals surface area contributed by atoms with Crippen LogP contribution < -0.4 is 5.32 Å². The van der Waals surface area contributed by atoms with Crippen LogP contribution in [0.4, 0.5) is 14.7 Å². The van der Waals surface area contributed by atoms with Crippen molar-refractivity contribution in [2.45, 2.75) is 38.3 Å². The second-order valence-corrected chi connectivity index (χ2v) is 7.62. The quantitative estimate of drug-likeness (QED) is 0.594. The number of hydrogen-bond donors (Lipinski definition) is 1. The number of carbonyl (C=O) groups is 1. The Bertz CT molecular complexity index is 1050. The molecule has 0 atom stereocenters. The minimum Gasteiger partial charge on any atom is -0.292 e. The highest BCUT2D eigenvalue weighted by Gasteiger charge is 2.30. The normalized spacial score (nSPS) is 13.8. The molecule has 0 radical (unpaired) electrons. The van der Waals surface area contributed by atoms with Crippen LogP contribution in [0.2, 0.25) is 10.0 Å². The highest BCUT2D eigenvalue weighted by Crippen LogP contribution is 2.41. The van der Waals surface area contributed by atoms with Crippen molar-refractivity contribution < 1.29 is 13.6 Å². The Morgan fingerprint density at radius 2 is 2.03 bits per heavy atom. The summed E-state index contributed by atoms with van der Waals surface area (Å²) in [6.07, 6.45) is 0.609. The molecular weight excluding hydrogens is 425 g/mol. The lowest BCUT2D eigenvalue weighted by molar-refractivity contribution is -0.117. The van der Waals surface area contributed by atoms with E-state index in [4.69, 9.17) is 23.2 Å². The van der Waals surface area contributed by atoms with Crippen LogP contribution in [0.5, 0.6) is 0 Å². The number of nitrogens with zero attached hydrogens (tertiary/aromatic N) is 5. The minimum atomic E-state index is -2.67. The van der Waals surface area contributed by atoms with E-state index < -0.39 is 12.3 Å². The van der Waals surface area contributed by atoms with Crippen LogP contribution in [0, 0.1) is 0 Å². The molecule has 0 spiro atoms. The van der Waals surface area contributed by atoms with E-state index in [1.54, 1.807) is 18.2 Å². The predicted molar refractivity (Wildman–Crippen MR) is 103 cm³/mol. The van der Waals surface area contributed by atoms with Crippen LogP contribution in [0.25, 0.3) is 0 Å². The molecule has 2 heterocycles. The molecule has 0 aliphatic heterocycles. The van der Waals surface area contributed by atoms with E-state index in [0.29, 0.717) is 22.3 Å². The van der Waals surface area contributed by atoms with E-state index in [1.807, 2.05) is 0 Å². The standard InChI is InChI=1S/C18H16Cl2F2N6O/c19-12-4-3-11(13(20)5-12)7-27-9-23-18(26-27)24-16(29)8-28-15(10-1-2-10)6-14(25-28)17(21)22/h3-6,9-10,17H,1-2,7-8H2,(H,24,26,29). The van der Waals surface area contributed by atoms with Crippen LogP contribution in [0.1, 0.15) is 42.1 Å². The summed E-state index contributed by atoms with van der Waals surface area (Å²) < 4.78 is 28.7. The lowest BCUT2D eigenvalue weighted by Crippen LogP contribution is -2.21. The molecule has 0 bridgehead atoms. The number of halogens is 4. The van der Waals surface area contributed by atoms with Gasteiger partial charge in [0.2, 0.25) is 11.9 Å². The summed E-state index contributed by atoms with van der Waals surface area (Å²) in [6.45, 7) is 0.164. The molecule has 1 fully saturated rings. The molecule has 4 rings (SSSR count). The predicted octanol–water partition coefficient (Wildman–Crippen LogP) is 4.28. The first-order valence-corrected chi connectivity index (χ1v) is 9.63. The highest BCUT2D eigenvalue weighted by molar-refractivity contribution is 6.35. The van der Waals surface area contributed by atoms with Gasteiger partial charge in [0.15, 0.2) is 0 Å². The number of aromatic nitrogens is 5. The fraction of sp³-hybridized carbons (Fsp3) is 0.333. The number of carbonyl (C=O) groups excluding carboxylic acids is 1. The van der Waals surface area contributed by atoms with E-state index >= 15 is 0 Å². The number of anilines is 1. The highest BCUT2D eigenvalue weighted by atomic mass is 35.5.